The lowest BCUT2D eigenvalue weighted by atomic mass is 10.2. The molecule has 0 aliphatic rings. The first-order chi connectivity index (χ1) is 4.66. The largest absolute Gasteiger partial charge is 0.465 e. The van der Waals surface area contributed by atoms with Gasteiger partial charge in [0, 0.05) is 4.43 Å². The molecule has 0 heterocycles. The van der Waals surface area contributed by atoms with Crippen molar-refractivity contribution in [3.05, 3.63) is 0 Å². The Morgan fingerprint density at radius 2 is 2.20 bits per heavy atom. The Morgan fingerprint density at radius 3 is 2.60 bits per heavy atom. The maximum atomic E-state index is 10.7. The lowest BCUT2D eigenvalue weighted by molar-refractivity contribution is -0.144. The highest BCUT2D eigenvalue weighted by Crippen LogP contribution is 1.96. The Morgan fingerprint density at radius 1 is 1.60 bits per heavy atom. The van der Waals surface area contributed by atoms with Crippen molar-refractivity contribution < 1.29 is 9.53 Å². The molecule has 0 aromatic heterocycles. The SMILES string of the molecule is CC(C)COC(=O)CCI. The molecule has 0 aliphatic heterocycles. The van der Waals surface area contributed by atoms with Gasteiger partial charge in [-0.3, -0.25) is 4.79 Å². The molecule has 0 unspecified atom stereocenters. The lowest BCUT2D eigenvalue weighted by Crippen LogP contribution is -2.09. The highest BCUT2D eigenvalue weighted by molar-refractivity contribution is 14.1. The molecule has 0 saturated carbocycles. The monoisotopic (exact) mass is 256 g/mol. The zero-order chi connectivity index (χ0) is 7.98. The molecule has 0 aliphatic carbocycles. The number of carbonyl (C=O) groups excluding carboxylic acids is 1. The first-order valence-corrected chi connectivity index (χ1v) is 4.91. The van der Waals surface area contributed by atoms with Crippen LogP contribution in [-0.2, 0) is 9.53 Å². The first-order valence-electron chi connectivity index (χ1n) is 3.38. The molecule has 0 radical (unpaired) electrons. The van der Waals surface area contributed by atoms with E-state index in [0.29, 0.717) is 18.9 Å². The smallest absolute Gasteiger partial charge is 0.306 e. The summed E-state index contributed by atoms with van der Waals surface area (Å²) in [5.74, 6) is 0.362. The molecule has 2 nitrogen and oxygen atoms in total. The number of hydrogen-bond acceptors (Lipinski definition) is 2. The number of halogens is 1. The summed E-state index contributed by atoms with van der Waals surface area (Å²) in [6.07, 6.45) is 0.535. The third kappa shape index (κ3) is 6.32. The second-order valence-corrected chi connectivity index (χ2v) is 3.59. The molecule has 0 rings (SSSR count). The van der Waals surface area contributed by atoms with Gasteiger partial charge in [-0.1, -0.05) is 36.4 Å². The molecule has 0 spiro atoms. The van der Waals surface area contributed by atoms with Gasteiger partial charge < -0.3 is 4.74 Å². The number of carbonyl (C=O) groups is 1. The van der Waals surface area contributed by atoms with Crippen LogP contribution in [0.1, 0.15) is 20.3 Å². The van der Waals surface area contributed by atoms with Gasteiger partial charge >= 0.3 is 5.97 Å². The van der Waals surface area contributed by atoms with Gasteiger partial charge in [0.25, 0.3) is 0 Å². The van der Waals surface area contributed by atoms with Crippen molar-refractivity contribution in [2.24, 2.45) is 5.92 Å². The predicted molar refractivity (Wildman–Crippen MR) is 49.3 cm³/mol. The minimum atomic E-state index is -0.0805. The average Bonchev–Trinajstić information content (AvgIpc) is 1.85. The number of rotatable bonds is 4. The van der Waals surface area contributed by atoms with Crippen molar-refractivity contribution in [2.75, 3.05) is 11.0 Å². The van der Waals surface area contributed by atoms with E-state index in [9.17, 15) is 4.79 Å². The summed E-state index contributed by atoms with van der Waals surface area (Å²) in [7, 11) is 0. The molecule has 0 bridgehead atoms. The van der Waals surface area contributed by atoms with Gasteiger partial charge in [0.2, 0.25) is 0 Å². The summed E-state index contributed by atoms with van der Waals surface area (Å²) < 4.78 is 5.74. The summed E-state index contributed by atoms with van der Waals surface area (Å²) >= 11 is 2.16. The third-order valence-corrected chi connectivity index (χ3v) is 1.42. The molecule has 0 N–H and O–H groups in total. The van der Waals surface area contributed by atoms with Crippen LogP contribution in [0.3, 0.4) is 0 Å². The molecule has 3 heteroatoms. The van der Waals surface area contributed by atoms with Crippen molar-refractivity contribution in [3.8, 4) is 0 Å². The summed E-state index contributed by atoms with van der Waals surface area (Å²) in [6.45, 7) is 4.60. The van der Waals surface area contributed by atoms with E-state index in [1.165, 1.54) is 0 Å². The van der Waals surface area contributed by atoms with E-state index in [4.69, 9.17) is 4.74 Å². The Balaban J connectivity index is 3.22. The van der Waals surface area contributed by atoms with Gasteiger partial charge in [0.1, 0.15) is 0 Å². The van der Waals surface area contributed by atoms with Gasteiger partial charge in [0.15, 0.2) is 0 Å². The number of ether oxygens (including phenoxy) is 1. The normalized spacial score (nSPS) is 10.0. The Hall–Kier alpha value is 0.200. The molecule has 0 amide bonds. The van der Waals surface area contributed by atoms with Crippen molar-refractivity contribution in [1.82, 2.24) is 0 Å². The number of esters is 1. The summed E-state index contributed by atoms with van der Waals surface area (Å²) in [5, 5.41) is 0. The van der Waals surface area contributed by atoms with Crippen LogP contribution in [0.2, 0.25) is 0 Å². The van der Waals surface area contributed by atoms with Crippen molar-refractivity contribution in [3.63, 3.8) is 0 Å². The van der Waals surface area contributed by atoms with Gasteiger partial charge in [-0.2, -0.15) is 0 Å². The Kier molecular flexibility index (Phi) is 6.06. The summed E-state index contributed by atoms with van der Waals surface area (Å²) in [5.41, 5.74) is 0. The second-order valence-electron chi connectivity index (χ2n) is 2.52. The molecule has 10 heavy (non-hydrogen) atoms. The highest BCUT2D eigenvalue weighted by atomic mass is 127. The minimum absolute atomic E-state index is 0.0805. The van der Waals surface area contributed by atoms with Crippen LogP contribution in [0.4, 0.5) is 0 Å². The van der Waals surface area contributed by atoms with Crippen LogP contribution in [-0.4, -0.2) is 17.0 Å². The van der Waals surface area contributed by atoms with Crippen molar-refractivity contribution >= 4 is 28.6 Å². The maximum Gasteiger partial charge on any atom is 0.306 e. The van der Waals surface area contributed by atoms with E-state index >= 15 is 0 Å². The topological polar surface area (TPSA) is 26.3 Å². The van der Waals surface area contributed by atoms with Crippen LogP contribution in [0, 0.1) is 5.92 Å². The molecule has 0 saturated heterocycles. The standard InChI is InChI=1S/C7H13IO2/c1-6(2)5-10-7(9)3-4-8/h6H,3-5H2,1-2H3. The van der Waals surface area contributed by atoms with Gasteiger partial charge in [-0.15, -0.1) is 0 Å². The number of hydrogen-bond donors (Lipinski definition) is 0. The fourth-order valence-electron chi connectivity index (χ4n) is 0.409. The average molecular weight is 256 g/mol. The summed E-state index contributed by atoms with van der Waals surface area (Å²) in [6, 6.07) is 0. The zero-order valence-corrected chi connectivity index (χ0v) is 8.55. The Labute approximate surface area is 75.5 Å². The summed E-state index contributed by atoms with van der Waals surface area (Å²) in [4.78, 5) is 10.7. The Bertz CT molecular complexity index is 102. The second kappa shape index (κ2) is 5.95. The van der Waals surface area contributed by atoms with Crippen molar-refractivity contribution in [1.29, 1.82) is 0 Å². The zero-order valence-electron chi connectivity index (χ0n) is 6.39. The minimum Gasteiger partial charge on any atom is -0.465 e. The lowest BCUT2D eigenvalue weighted by Gasteiger charge is -2.04. The van der Waals surface area contributed by atoms with E-state index in [-0.39, 0.29) is 5.97 Å². The van der Waals surface area contributed by atoms with Crippen LogP contribution in [0.15, 0.2) is 0 Å². The van der Waals surface area contributed by atoms with Gasteiger partial charge in [-0.05, 0) is 5.92 Å². The number of alkyl halides is 1. The van der Waals surface area contributed by atoms with Crippen LogP contribution >= 0.6 is 22.6 Å². The maximum absolute atomic E-state index is 10.7. The fourth-order valence-corrected chi connectivity index (χ4v) is 0.849. The van der Waals surface area contributed by atoms with Gasteiger partial charge in [0.05, 0.1) is 13.0 Å². The van der Waals surface area contributed by atoms with Crippen LogP contribution in [0.25, 0.3) is 0 Å². The molecule has 0 aromatic rings. The van der Waals surface area contributed by atoms with Gasteiger partial charge in [-0.25, -0.2) is 0 Å². The highest BCUT2D eigenvalue weighted by Gasteiger charge is 2.01. The first kappa shape index (κ1) is 10.2. The molecule has 0 aromatic carbocycles. The van der Waals surface area contributed by atoms with Crippen LogP contribution in [0.5, 0.6) is 0 Å². The van der Waals surface area contributed by atoms with E-state index in [1.807, 2.05) is 13.8 Å². The molecule has 60 valence electrons. The third-order valence-electron chi connectivity index (χ3n) is 0.876. The van der Waals surface area contributed by atoms with E-state index in [0.717, 1.165) is 4.43 Å². The van der Waals surface area contributed by atoms with Crippen LogP contribution < -0.4 is 0 Å². The molecule has 0 atom stereocenters. The fraction of sp³-hybridized carbons (Fsp3) is 0.857. The van der Waals surface area contributed by atoms with Crippen molar-refractivity contribution in [2.45, 2.75) is 20.3 Å². The van der Waals surface area contributed by atoms with E-state index < -0.39 is 0 Å². The molecule has 0 fully saturated rings. The van der Waals surface area contributed by atoms with E-state index in [2.05, 4.69) is 22.6 Å². The predicted octanol–water partition coefficient (Wildman–Crippen LogP) is 2.01. The van der Waals surface area contributed by atoms with E-state index in [1.54, 1.807) is 0 Å². The quantitative estimate of drug-likeness (QED) is 0.437. The molecular weight excluding hydrogens is 243 g/mol. The molecular formula is C7H13IO2.